The third-order valence-corrected chi connectivity index (χ3v) is 3.79. The van der Waals surface area contributed by atoms with Crippen LogP contribution in [0.4, 0.5) is 0 Å². The molecule has 0 saturated carbocycles. The molecule has 5 nitrogen and oxygen atoms in total. The molecule has 112 valence electrons. The fourth-order valence-electron chi connectivity index (χ4n) is 1.75. The largest absolute Gasteiger partial charge is 0.462 e. The van der Waals surface area contributed by atoms with E-state index in [-0.39, 0.29) is 16.4 Å². The van der Waals surface area contributed by atoms with Crippen molar-refractivity contribution in [1.82, 2.24) is 0 Å². The van der Waals surface area contributed by atoms with Crippen LogP contribution in [0.5, 0.6) is 0 Å². The normalized spacial score (nSPS) is 11.7. The Kier molecular flexibility index (Phi) is 5.71. The van der Waals surface area contributed by atoms with Crippen molar-refractivity contribution in [2.75, 3.05) is 6.61 Å². The third kappa shape index (κ3) is 4.31. The molecular formula is C14H20O5S. The second-order valence-corrected chi connectivity index (χ2v) is 6.26. The van der Waals surface area contributed by atoms with Gasteiger partial charge in [-0.3, -0.25) is 4.55 Å². The lowest BCUT2D eigenvalue weighted by Crippen LogP contribution is -2.10. The predicted octanol–water partition coefficient (Wildman–Crippen LogP) is 3.01. The van der Waals surface area contributed by atoms with Gasteiger partial charge in [0.15, 0.2) is 0 Å². The van der Waals surface area contributed by atoms with E-state index in [4.69, 9.17) is 4.74 Å². The smallest absolute Gasteiger partial charge is 0.338 e. The molecule has 0 atom stereocenters. The van der Waals surface area contributed by atoms with Crippen LogP contribution < -0.4 is 0 Å². The molecule has 0 aromatic heterocycles. The van der Waals surface area contributed by atoms with E-state index in [1.807, 2.05) is 20.8 Å². The van der Waals surface area contributed by atoms with Crippen LogP contribution in [0.2, 0.25) is 0 Å². The molecule has 0 aliphatic carbocycles. The minimum absolute atomic E-state index is 0.0860. The summed E-state index contributed by atoms with van der Waals surface area (Å²) < 4.78 is 37.1. The summed E-state index contributed by atoms with van der Waals surface area (Å²) in [5, 5.41) is 0. The molecule has 0 amide bonds. The van der Waals surface area contributed by atoms with Gasteiger partial charge in [-0.05, 0) is 30.0 Å². The Bertz CT molecular complexity index is 575. The molecule has 1 rings (SSSR count). The molecule has 0 heterocycles. The molecule has 0 spiro atoms. The SMILES string of the molecule is CCCCOC(=O)c1ccc(C(C)C)c(S(=O)(=O)O)c1. The van der Waals surface area contributed by atoms with Crippen molar-refractivity contribution in [2.24, 2.45) is 0 Å². The molecule has 1 aromatic rings. The number of benzene rings is 1. The van der Waals surface area contributed by atoms with E-state index >= 15 is 0 Å². The number of carbonyl (C=O) groups is 1. The van der Waals surface area contributed by atoms with Gasteiger partial charge < -0.3 is 4.74 Å². The molecule has 6 heteroatoms. The van der Waals surface area contributed by atoms with Crippen molar-refractivity contribution in [2.45, 2.75) is 44.4 Å². The van der Waals surface area contributed by atoms with Crippen molar-refractivity contribution < 1.29 is 22.5 Å². The topological polar surface area (TPSA) is 80.7 Å². The summed E-state index contributed by atoms with van der Waals surface area (Å²) >= 11 is 0. The summed E-state index contributed by atoms with van der Waals surface area (Å²) in [6.07, 6.45) is 1.65. The maximum atomic E-state index is 11.8. The van der Waals surface area contributed by atoms with E-state index in [0.29, 0.717) is 12.2 Å². The van der Waals surface area contributed by atoms with Crippen molar-refractivity contribution >= 4 is 16.1 Å². The first-order chi connectivity index (χ1) is 9.27. The summed E-state index contributed by atoms with van der Waals surface area (Å²) in [5.41, 5.74) is 0.593. The summed E-state index contributed by atoms with van der Waals surface area (Å²) in [4.78, 5) is 11.5. The van der Waals surface area contributed by atoms with E-state index < -0.39 is 16.1 Å². The molecule has 0 aliphatic rings. The quantitative estimate of drug-likeness (QED) is 0.496. The number of hydrogen-bond donors (Lipinski definition) is 1. The lowest BCUT2D eigenvalue weighted by atomic mass is 10.0. The molecule has 1 aromatic carbocycles. The van der Waals surface area contributed by atoms with Gasteiger partial charge in [-0.2, -0.15) is 8.42 Å². The fourth-order valence-corrected chi connectivity index (χ4v) is 2.63. The molecule has 0 fully saturated rings. The molecule has 0 radical (unpaired) electrons. The highest BCUT2D eigenvalue weighted by Gasteiger charge is 2.20. The molecular weight excluding hydrogens is 280 g/mol. The van der Waals surface area contributed by atoms with Crippen molar-refractivity contribution in [3.8, 4) is 0 Å². The van der Waals surface area contributed by atoms with Crippen LogP contribution in [0.25, 0.3) is 0 Å². The van der Waals surface area contributed by atoms with Gasteiger partial charge in [-0.25, -0.2) is 4.79 Å². The Morgan fingerprint density at radius 2 is 2.00 bits per heavy atom. The molecule has 0 saturated heterocycles. The first-order valence-electron chi connectivity index (χ1n) is 6.56. The second-order valence-electron chi connectivity index (χ2n) is 4.87. The van der Waals surface area contributed by atoms with Gasteiger partial charge in [0.05, 0.1) is 17.1 Å². The Morgan fingerprint density at radius 3 is 2.50 bits per heavy atom. The number of ether oxygens (including phenoxy) is 1. The van der Waals surface area contributed by atoms with Gasteiger partial charge in [0.25, 0.3) is 10.1 Å². The number of rotatable bonds is 6. The van der Waals surface area contributed by atoms with Crippen LogP contribution in [0.3, 0.4) is 0 Å². The van der Waals surface area contributed by atoms with E-state index in [1.54, 1.807) is 0 Å². The van der Waals surface area contributed by atoms with Gasteiger partial charge in [0.2, 0.25) is 0 Å². The highest BCUT2D eigenvalue weighted by atomic mass is 32.2. The first-order valence-corrected chi connectivity index (χ1v) is 8.00. The Hall–Kier alpha value is -1.40. The average Bonchev–Trinajstić information content (AvgIpc) is 2.37. The summed E-state index contributed by atoms with van der Waals surface area (Å²) in [5.74, 6) is -0.671. The maximum absolute atomic E-state index is 11.8. The van der Waals surface area contributed by atoms with Gasteiger partial charge in [-0.1, -0.05) is 33.3 Å². The molecule has 0 aliphatic heterocycles. The molecule has 1 N–H and O–H groups in total. The van der Waals surface area contributed by atoms with Crippen molar-refractivity contribution in [3.63, 3.8) is 0 Å². The van der Waals surface area contributed by atoms with E-state index in [1.165, 1.54) is 18.2 Å². The number of unbranched alkanes of at least 4 members (excludes halogenated alkanes) is 1. The van der Waals surface area contributed by atoms with Gasteiger partial charge in [-0.15, -0.1) is 0 Å². The zero-order chi connectivity index (χ0) is 15.3. The van der Waals surface area contributed by atoms with Gasteiger partial charge in [0.1, 0.15) is 0 Å². The zero-order valence-electron chi connectivity index (χ0n) is 11.9. The minimum Gasteiger partial charge on any atom is -0.462 e. The van der Waals surface area contributed by atoms with Crippen LogP contribution in [0, 0.1) is 0 Å². The van der Waals surface area contributed by atoms with Crippen LogP contribution in [-0.4, -0.2) is 25.5 Å². The lowest BCUT2D eigenvalue weighted by molar-refractivity contribution is 0.0499. The van der Waals surface area contributed by atoms with E-state index in [0.717, 1.165) is 12.8 Å². The predicted molar refractivity (Wildman–Crippen MR) is 75.5 cm³/mol. The second kappa shape index (κ2) is 6.85. The molecule has 0 bridgehead atoms. The molecule has 20 heavy (non-hydrogen) atoms. The number of esters is 1. The highest BCUT2D eigenvalue weighted by Crippen LogP contribution is 2.25. The third-order valence-electron chi connectivity index (χ3n) is 2.88. The van der Waals surface area contributed by atoms with Crippen molar-refractivity contribution in [1.29, 1.82) is 0 Å². The van der Waals surface area contributed by atoms with Gasteiger partial charge >= 0.3 is 5.97 Å². The van der Waals surface area contributed by atoms with Crippen LogP contribution >= 0.6 is 0 Å². The summed E-state index contributed by atoms with van der Waals surface area (Å²) in [6.45, 7) is 5.89. The highest BCUT2D eigenvalue weighted by molar-refractivity contribution is 7.85. The number of carbonyl (C=O) groups excluding carboxylic acids is 1. The Labute approximate surface area is 119 Å². The van der Waals surface area contributed by atoms with E-state index in [2.05, 4.69) is 0 Å². The zero-order valence-corrected chi connectivity index (χ0v) is 12.7. The van der Waals surface area contributed by atoms with Crippen LogP contribution in [0.15, 0.2) is 23.1 Å². The average molecular weight is 300 g/mol. The Morgan fingerprint density at radius 1 is 1.35 bits per heavy atom. The number of hydrogen-bond acceptors (Lipinski definition) is 4. The monoisotopic (exact) mass is 300 g/mol. The van der Waals surface area contributed by atoms with Crippen LogP contribution in [0.1, 0.15) is 55.5 Å². The van der Waals surface area contributed by atoms with E-state index in [9.17, 15) is 17.8 Å². The summed E-state index contributed by atoms with van der Waals surface area (Å²) in [6, 6.07) is 4.21. The summed E-state index contributed by atoms with van der Waals surface area (Å²) in [7, 11) is -4.37. The fraction of sp³-hybridized carbons (Fsp3) is 0.500. The first kappa shape index (κ1) is 16.7. The van der Waals surface area contributed by atoms with Crippen LogP contribution in [-0.2, 0) is 14.9 Å². The molecule has 0 unspecified atom stereocenters. The standard InChI is InChI=1S/C14H20O5S/c1-4-5-8-19-14(15)11-6-7-12(10(2)3)13(9-11)20(16,17)18/h6-7,9-10H,4-5,8H2,1-3H3,(H,16,17,18). The maximum Gasteiger partial charge on any atom is 0.338 e. The Balaban J connectivity index is 3.10. The minimum atomic E-state index is -4.37. The van der Waals surface area contributed by atoms with Gasteiger partial charge in [0, 0.05) is 0 Å². The van der Waals surface area contributed by atoms with Crippen molar-refractivity contribution in [3.05, 3.63) is 29.3 Å². The lowest BCUT2D eigenvalue weighted by Gasteiger charge is -2.12.